The number of hydrogen-bond acceptors (Lipinski definition) is 6. The molecule has 3 rings (SSSR count). The van der Waals surface area contributed by atoms with Gasteiger partial charge in [0.2, 0.25) is 15.9 Å². The number of aryl methyl sites for hydroxylation is 1. The molecule has 2 aromatic rings. The number of oxazole rings is 1. The maximum atomic E-state index is 12.4. The summed E-state index contributed by atoms with van der Waals surface area (Å²) in [5, 5.41) is 8.90. The van der Waals surface area contributed by atoms with Crippen LogP contribution in [0.5, 0.6) is 0 Å². The van der Waals surface area contributed by atoms with Crippen molar-refractivity contribution in [3.05, 3.63) is 47.7 Å². The molecule has 2 N–H and O–H groups in total. The van der Waals surface area contributed by atoms with Gasteiger partial charge >= 0.3 is 5.97 Å². The highest BCUT2D eigenvalue weighted by Crippen LogP contribution is 2.19. The Morgan fingerprint density at radius 3 is 2.78 bits per heavy atom. The minimum absolute atomic E-state index is 0.107. The van der Waals surface area contributed by atoms with Gasteiger partial charge in [0.15, 0.2) is 5.69 Å². The molecule has 0 aliphatic carbocycles. The van der Waals surface area contributed by atoms with Gasteiger partial charge in [-0.2, -0.15) is 0 Å². The summed E-state index contributed by atoms with van der Waals surface area (Å²) >= 11 is 0. The molecule has 27 heavy (non-hydrogen) atoms. The smallest absolute Gasteiger partial charge is 0.357 e. The van der Waals surface area contributed by atoms with Gasteiger partial charge in [-0.15, -0.1) is 0 Å². The van der Waals surface area contributed by atoms with Gasteiger partial charge in [0.05, 0.1) is 11.4 Å². The van der Waals surface area contributed by atoms with Gasteiger partial charge in [0.25, 0.3) is 0 Å². The first kappa shape index (κ1) is 19.5. The van der Waals surface area contributed by atoms with E-state index in [-0.39, 0.29) is 16.5 Å². The van der Waals surface area contributed by atoms with Gasteiger partial charge in [-0.1, -0.05) is 17.7 Å². The number of nitrogens with zero attached hydrogens (tertiary/aromatic N) is 2. The van der Waals surface area contributed by atoms with Crippen LogP contribution >= 0.6 is 0 Å². The van der Waals surface area contributed by atoms with Crippen LogP contribution in [0.3, 0.4) is 0 Å². The third-order valence-corrected chi connectivity index (χ3v) is 6.07. The lowest BCUT2D eigenvalue weighted by molar-refractivity contribution is 0.0690. The minimum atomic E-state index is -3.52. The summed E-state index contributed by atoms with van der Waals surface area (Å²) in [4.78, 5) is 17.2. The number of likely N-dealkylation sites (tertiary alicyclic amines) is 1. The van der Waals surface area contributed by atoms with Crippen molar-refractivity contribution in [2.24, 2.45) is 5.92 Å². The Kier molecular flexibility index (Phi) is 5.93. The molecule has 0 saturated carbocycles. The van der Waals surface area contributed by atoms with Crippen molar-refractivity contribution in [3.63, 3.8) is 0 Å². The second-order valence-corrected chi connectivity index (χ2v) is 8.61. The number of nitrogens with one attached hydrogen (secondary N) is 1. The van der Waals surface area contributed by atoms with E-state index >= 15 is 0 Å². The third-order valence-electron chi connectivity index (χ3n) is 4.63. The quantitative estimate of drug-likeness (QED) is 0.738. The van der Waals surface area contributed by atoms with Crippen LogP contribution < -0.4 is 4.72 Å². The molecule has 1 aromatic carbocycles. The molecule has 1 aliphatic heterocycles. The van der Waals surface area contributed by atoms with Gasteiger partial charge in [-0.3, -0.25) is 4.90 Å². The number of carbonyl (C=O) groups is 1. The summed E-state index contributed by atoms with van der Waals surface area (Å²) in [7, 11) is -3.52. The topological polar surface area (TPSA) is 113 Å². The van der Waals surface area contributed by atoms with Crippen LogP contribution in [0.15, 0.2) is 39.8 Å². The van der Waals surface area contributed by atoms with Crippen molar-refractivity contribution in [1.29, 1.82) is 0 Å². The molecule has 0 spiro atoms. The molecule has 1 fully saturated rings. The van der Waals surface area contributed by atoms with Crippen LogP contribution in [-0.2, 0) is 16.6 Å². The summed E-state index contributed by atoms with van der Waals surface area (Å²) < 4.78 is 32.7. The number of rotatable bonds is 7. The van der Waals surface area contributed by atoms with Crippen LogP contribution in [0, 0.1) is 12.8 Å². The molecule has 146 valence electrons. The van der Waals surface area contributed by atoms with Crippen molar-refractivity contribution >= 4 is 16.0 Å². The van der Waals surface area contributed by atoms with Crippen LogP contribution in [-0.4, -0.2) is 49.0 Å². The van der Waals surface area contributed by atoms with E-state index < -0.39 is 16.0 Å². The van der Waals surface area contributed by atoms with E-state index in [4.69, 9.17) is 9.52 Å². The van der Waals surface area contributed by atoms with Gasteiger partial charge in [-0.05, 0) is 44.4 Å². The molecule has 1 unspecified atom stereocenters. The summed E-state index contributed by atoms with van der Waals surface area (Å²) in [6, 6.07) is 6.76. The van der Waals surface area contributed by atoms with Crippen LogP contribution in [0.1, 0.15) is 34.8 Å². The molecule has 1 saturated heterocycles. The maximum absolute atomic E-state index is 12.4. The largest absolute Gasteiger partial charge is 0.476 e. The zero-order chi connectivity index (χ0) is 19.4. The van der Waals surface area contributed by atoms with Crippen molar-refractivity contribution in [1.82, 2.24) is 14.6 Å². The number of carboxylic acid groups (broad SMARTS) is 1. The predicted molar refractivity (Wildman–Crippen MR) is 97.8 cm³/mol. The van der Waals surface area contributed by atoms with E-state index in [9.17, 15) is 13.2 Å². The first-order valence-electron chi connectivity index (χ1n) is 8.80. The van der Waals surface area contributed by atoms with Gasteiger partial charge in [0.1, 0.15) is 6.26 Å². The minimum Gasteiger partial charge on any atom is -0.476 e. The van der Waals surface area contributed by atoms with Crippen LogP contribution in [0.25, 0.3) is 0 Å². The fraction of sp³-hybridized carbons (Fsp3) is 0.444. The lowest BCUT2D eigenvalue weighted by atomic mass is 9.98. The molecular weight excluding hydrogens is 370 g/mol. The van der Waals surface area contributed by atoms with E-state index in [2.05, 4.69) is 14.6 Å². The first-order chi connectivity index (χ1) is 12.8. The molecule has 1 aliphatic rings. The zero-order valence-corrected chi connectivity index (χ0v) is 15.9. The summed E-state index contributed by atoms with van der Waals surface area (Å²) in [6.45, 7) is 4.22. The number of piperidine rings is 1. The van der Waals surface area contributed by atoms with Gasteiger partial charge in [-0.25, -0.2) is 22.9 Å². The SMILES string of the molecule is Cc1ccc(S(=O)(=O)NCC2CCCN(Cc3nc(C(=O)O)co3)C2)cc1. The number of sulfonamides is 1. The Bertz CT molecular complexity index is 892. The van der Waals surface area contributed by atoms with Crippen molar-refractivity contribution in [3.8, 4) is 0 Å². The first-order valence-corrected chi connectivity index (χ1v) is 10.3. The monoisotopic (exact) mass is 393 g/mol. The van der Waals surface area contributed by atoms with E-state index in [1.165, 1.54) is 0 Å². The van der Waals surface area contributed by atoms with Crippen molar-refractivity contribution in [2.45, 2.75) is 31.2 Å². The Morgan fingerprint density at radius 1 is 1.37 bits per heavy atom. The standard InChI is InChI=1S/C18H23N3O5S/c1-13-4-6-15(7-5-13)27(24,25)19-9-14-3-2-8-21(10-14)11-17-20-16(12-26-17)18(22)23/h4-7,12,14,19H,2-3,8-11H2,1H3,(H,22,23). The number of hydrogen-bond donors (Lipinski definition) is 2. The molecule has 0 amide bonds. The fourth-order valence-corrected chi connectivity index (χ4v) is 4.28. The molecule has 0 bridgehead atoms. The van der Waals surface area contributed by atoms with E-state index in [1.54, 1.807) is 24.3 Å². The third kappa shape index (κ3) is 5.15. The van der Waals surface area contributed by atoms with E-state index in [1.807, 2.05) is 6.92 Å². The normalized spacial score (nSPS) is 18.5. The molecular formula is C18H23N3O5S. The molecule has 9 heteroatoms. The molecule has 1 aromatic heterocycles. The van der Waals surface area contributed by atoms with Gasteiger partial charge < -0.3 is 9.52 Å². The van der Waals surface area contributed by atoms with E-state index in [0.29, 0.717) is 25.5 Å². The van der Waals surface area contributed by atoms with Crippen LogP contribution in [0.2, 0.25) is 0 Å². The second-order valence-electron chi connectivity index (χ2n) is 6.84. The Balaban J connectivity index is 1.54. The lowest BCUT2D eigenvalue weighted by Gasteiger charge is -2.31. The summed E-state index contributed by atoms with van der Waals surface area (Å²) in [6.07, 6.45) is 3.00. The number of aromatic carboxylic acids is 1. The van der Waals surface area contributed by atoms with Crippen molar-refractivity contribution in [2.75, 3.05) is 19.6 Å². The summed E-state index contributed by atoms with van der Waals surface area (Å²) in [5.41, 5.74) is 0.902. The van der Waals surface area contributed by atoms with Gasteiger partial charge in [0, 0.05) is 13.1 Å². The number of benzene rings is 1. The Hall–Kier alpha value is -2.23. The average Bonchev–Trinajstić information content (AvgIpc) is 3.10. The Labute approximate surface area is 158 Å². The lowest BCUT2D eigenvalue weighted by Crippen LogP contribution is -2.40. The highest BCUT2D eigenvalue weighted by atomic mass is 32.2. The highest BCUT2D eigenvalue weighted by molar-refractivity contribution is 7.89. The highest BCUT2D eigenvalue weighted by Gasteiger charge is 2.24. The molecule has 2 heterocycles. The molecule has 8 nitrogen and oxygen atoms in total. The fourth-order valence-electron chi connectivity index (χ4n) is 3.16. The molecule has 0 radical (unpaired) electrons. The second kappa shape index (κ2) is 8.20. The van der Waals surface area contributed by atoms with Crippen molar-refractivity contribution < 1.29 is 22.7 Å². The average molecular weight is 393 g/mol. The predicted octanol–water partition coefficient (Wildman–Crippen LogP) is 1.87. The number of aromatic nitrogens is 1. The molecule has 1 atom stereocenters. The summed E-state index contributed by atoms with van der Waals surface area (Å²) in [5.74, 6) is -0.590. The maximum Gasteiger partial charge on any atom is 0.357 e. The Morgan fingerprint density at radius 2 is 2.11 bits per heavy atom. The van der Waals surface area contributed by atoms with Crippen LogP contribution in [0.4, 0.5) is 0 Å². The number of carboxylic acids is 1. The zero-order valence-electron chi connectivity index (χ0n) is 15.1. The van der Waals surface area contributed by atoms with E-state index in [0.717, 1.165) is 31.2 Å².